The number of furan rings is 1. The molecule has 0 fully saturated rings. The van der Waals surface area contributed by atoms with Crippen molar-refractivity contribution in [1.29, 1.82) is 0 Å². The summed E-state index contributed by atoms with van der Waals surface area (Å²) in [7, 11) is 3.31. The van der Waals surface area contributed by atoms with Gasteiger partial charge >= 0.3 is 0 Å². The van der Waals surface area contributed by atoms with Crippen LogP contribution in [-0.4, -0.2) is 46.8 Å². The first kappa shape index (κ1) is 16.9. The zero-order chi connectivity index (χ0) is 17.8. The zero-order valence-electron chi connectivity index (χ0n) is 14.4. The number of nitrogens with one attached hydrogen (secondary N) is 1. The van der Waals surface area contributed by atoms with Gasteiger partial charge in [0.15, 0.2) is 11.5 Å². The topological polar surface area (TPSA) is 84.2 Å². The van der Waals surface area contributed by atoms with Crippen LogP contribution >= 0.6 is 0 Å². The summed E-state index contributed by atoms with van der Waals surface area (Å²) in [6.45, 7) is 2.20. The van der Waals surface area contributed by atoms with E-state index in [4.69, 9.17) is 9.15 Å². The molecule has 3 aromatic heterocycles. The van der Waals surface area contributed by atoms with E-state index >= 15 is 0 Å². The van der Waals surface area contributed by atoms with Crippen LogP contribution in [0.4, 0.5) is 0 Å². The number of hydrogen-bond donors (Lipinski definition) is 1. The molecule has 0 aliphatic rings. The molecule has 1 N–H and O–H groups in total. The number of aryl methyl sites for hydroxylation is 1. The van der Waals surface area contributed by atoms with Gasteiger partial charge < -0.3 is 14.1 Å². The second kappa shape index (κ2) is 7.31. The minimum absolute atomic E-state index is 0.224. The van der Waals surface area contributed by atoms with Crippen molar-refractivity contribution in [3.63, 3.8) is 0 Å². The fourth-order valence-corrected chi connectivity index (χ4v) is 2.59. The first-order chi connectivity index (χ1) is 12.1. The van der Waals surface area contributed by atoms with E-state index in [0.717, 1.165) is 11.5 Å². The lowest BCUT2D eigenvalue weighted by Gasteiger charge is -2.26. The highest BCUT2D eigenvalue weighted by Crippen LogP contribution is 2.23. The summed E-state index contributed by atoms with van der Waals surface area (Å²) in [5, 5.41) is 6.97. The van der Waals surface area contributed by atoms with Gasteiger partial charge in [-0.3, -0.25) is 14.9 Å². The summed E-state index contributed by atoms with van der Waals surface area (Å²) in [4.78, 5) is 18.7. The Labute approximate surface area is 145 Å². The van der Waals surface area contributed by atoms with Gasteiger partial charge in [-0.1, -0.05) is 6.07 Å². The molecule has 130 valence electrons. The number of carbonyl (C=O) groups is 1. The molecular weight excluding hydrogens is 320 g/mol. The number of carbonyl (C=O) groups excluding carboxylic acids is 1. The molecule has 7 nitrogen and oxygen atoms in total. The third kappa shape index (κ3) is 3.61. The Hall–Kier alpha value is -2.93. The van der Waals surface area contributed by atoms with Crippen molar-refractivity contribution >= 4 is 5.91 Å². The Morgan fingerprint density at radius 1 is 1.36 bits per heavy atom. The van der Waals surface area contributed by atoms with E-state index in [1.54, 1.807) is 31.3 Å². The molecular formula is C18H20N4O3. The highest BCUT2D eigenvalue weighted by atomic mass is 16.5. The van der Waals surface area contributed by atoms with E-state index in [2.05, 4.69) is 15.2 Å². The third-order valence-corrected chi connectivity index (χ3v) is 3.94. The van der Waals surface area contributed by atoms with Crippen LogP contribution in [0.1, 0.15) is 28.0 Å². The normalized spacial score (nSPS) is 12.1. The standard InChI is InChI=1S/C18H20N4O3/c1-12-7-8-17(25-12)14-10-15(21-20-14)18(23)22(2)16(11-24-3)13-6-4-5-9-19-13/h4-10,16H,11H2,1-3H3,(H,20,21)/t16-/m0/s1. The maximum Gasteiger partial charge on any atom is 0.274 e. The fraction of sp³-hybridized carbons (Fsp3) is 0.278. The van der Waals surface area contributed by atoms with Crippen molar-refractivity contribution in [3.8, 4) is 11.5 Å². The van der Waals surface area contributed by atoms with Gasteiger partial charge in [0.2, 0.25) is 0 Å². The van der Waals surface area contributed by atoms with Gasteiger partial charge in [-0.2, -0.15) is 5.10 Å². The lowest BCUT2D eigenvalue weighted by Crippen LogP contribution is -2.34. The smallest absolute Gasteiger partial charge is 0.274 e. The molecule has 0 aliphatic heterocycles. The number of aromatic amines is 1. The van der Waals surface area contributed by atoms with Crippen LogP contribution in [0, 0.1) is 6.92 Å². The van der Waals surface area contributed by atoms with Crippen molar-refractivity contribution < 1.29 is 13.9 Å². The van der Waals surface area contributed by atoms with Crippen molar-refractivity contribution in [2.75, 3.05) is 20.8 Å². The molecule has 0 radical (unpaired) electrons. The van der Waals surface area contributed by atoms with Crippen molar-refractivity contribution in [1.82, 2.24) is 20.1 Å². The van der Waals surface area contributed by atoms with Crippen molar-refractivity contribution in [2.45, 2.75) is 13.0 Å². The molecule has 3 heterocycles. The van der Waals surface area contributed by atoms with Gasteiger partial charge in [-0.15, -0.1) is 0 Å². The van der Waals surface area contributed by atoms with Crippen LogP contribution in [0.3, 0.4) is 0 Å². The monoisotopic (exact) mass is 340 g/mol. The van der Waals surface area contributed by atoms with E-state index in [0.29, 0.717) is 23.8 Å². The molecule has 0 aromatic carbocycles. The van der Waals surface area contributed by atoms with Crippen LogP contribution in [0.5, 0.6) is 0 Å². The van der Waals surface area contributed by atoms with Crippen molar-refractivity contribution in [3.05, 3.63) is 59.7 Å². The Morgan fingerprint density at radius 3 is 2.84 bits per heavy atom. The number of H-pyrrole nitrogens is 1. The van der Waals surface area contributed by atoms with Crippen LogP contribution in [0.25, 0.3) is 11.5 Å². The molecule has 1 amide bonds. The van der Waals surface area contributed by atoms with Gasteiger partial charge in [-0.05, 0) is 31.2 Å². The molecule has 0 unspecified atom stereocenters. The van der Waals surface area contributed by atoms with Crippen LogP contribution in [-0.2, 0) is 4.74 Å². The molecule has 0 aliphatic carbocycles. The van der Waals surface area contributed by atoms with E-state index in [1.165, 1.54) is 0 Å². The first-order valence-corrected chi connectivity index (χ1v) is 7.89. The number of amides is 1. The summed E-state index contributed by atoms with van der Waals surface area (Å²) in [5.74, 6) is 1.22. The molecule has 7 heteroatoms. The number of ether oxygens (including phenoxy) is 1. The lowest BCUT2D eigenvalue weighted by molar-refractivity contribution is 0.0589. The van der Waals surface area contributed by atoms with Crippen LogP contribution in [0.15, 0.2) is 47.0 Å². The van der Waals surface area contributed by atoms with Gasteiger partial charge in [0.1, 0.15) is 11.5 Å². The highest BCUT2D eigenvalue weighted by molar-refractivity contribution is 5.93. The molecule has 0 spiro atoms. The van der Waals surface area contributed by atoms with Gasteiger partial charge in [-0.25, -0.2) is 0 Å². The predicted octanol–water partition coefficient (Wildman–Crippen LogP) is 2.83. The number of rotatable bonds is 6. The average Bonchev–Trinajstić information content (AvgIpc) is 3.28. The average molecular weight is 340 g/mol. The largest absolute Gasteiger partial charge is 0.460 e. The molecule has 25 heavy (non-hydrogen) atoms. The van der Waals surface area contributed by atoms with Gasteiger partial charge in [0.25, 0.3) is 5.91 Å². The summed E-state index contributed by atoms with van der Waals surface area (Å²) < 4.78 is 10.8. The SMILES string of the molecule is COC[C@@H](c1ccccn1)N(C)C(=O)c1cc(-c2ccc(C)o2)[nH]n1. The van der Waals surface area contributed by atoms with Gasteiger partial charge in [0.05, 0.1) is 18.3 Å². The van der Waals surface area contributed by atoms with Crippen molar-refractivity contribution in [2.24, 2.45) is 0 Å². The zero-order valence-corrected chi connectivity index (χ0v) is 14.4. The molecule has 3 aromatic rings. The van der Waals surface area contributed by atoms with E-state index in [1.807, 2.05) is 37.3 Å². The maximum atomic E-state index is 12.8. The summed E-state index contributed by atoms with van der Waals surface area (Å²) >= 11 is 0. The lowest BCUT2D eigenvalue weighted by atomic mass is 10.1. The Bertz CT molecular complexity index is 841. The van der Waals surface area contributed by atoms with E-state index < -0.39 is 0 Å². The Balaban J connectivity index is 1.82. The number of pyridine rings is 1. The minimum atomic E-state index is -0.301. The van der Waals surface area contributed by atoms with Crippen LogP contribution < -0.4 is 0 Å². The first-order valence-electron chi connectivity index (χ1n) is 7.89. The number of methoxy groups -OCH3 is 1. The number of likely N-dealkylation sites (N-methyl/N-ethyl adjacent to an activating group) is 1. The summed E-state index contributed by atoms with van der Waals surface area (Å²) in [6, 6.07) is 10.7. The second-order valence-electron chi connectivity index (χ2n) is 5.72. The minimum Gasteiger partial charge on any atom is -0.460 e. The maximum absolute atomic E-state index is 12.8. The quantitative estimate of drug-likeness (QED) is 0.746. The molecule has 0 bridgehead atoms. The Kier molecular flexibility index (Phi) is 4.95. The molecule has 0 saturated heterocycles. The second-order valence-corrected chi connectivity index (χ2v) is 5.72. The number of nitrogens with zero attached hydrogens (tertiary/aromatic N) is 3. The predicted molar refractivity (Wildman–Crippen MR) is 92.0 cm³/mol. The fourth-order valence-electron chi connectivity index (χ4n) is 2.59. The Morgan fingerprint density at radius 2 is 2.20 bits per heavy atom. The highest BCUT2D eigenvalue weighted by Gasteiger charge is 2.25. The summed E-state index contributed by atoms with van der Waals surface area (Å²) in [5.41, 5.74) is 1.73. The van der Waals surface area contributed by atoms with Crippen LogP contribution in [0.2, 0.25) is 0 Å². The molecule has 1 atom stereocenters. The van der Waals surface area contributed by atoms with E-state index in [9.17, 15) is 4.79 Å². The van der Waals surface area contributed by atoms with Gasteiger partial charge in [0, 0.05) is 26.4 Å². The number of aromatic nitrogens is 3. The molecule has 3 rings (SSSR count). The molecule has 0 saturated carbocycles. The van der Waals surface area contributed by atoms with E-state index in [-0.39, 0.29) is 11.9 Å². The third-order valence-electron chi connectivity index (χ3n) is 3.94. The summed E-state index contributed by atoms with van der Waals surface area (Å²) in [6.07, 6.45) is 1.70. The number of hydrogen-bond acceptors (Lipinski definition) is 5.